The Kier molecular flexibility index (Phi) is 5.46. The van der Waals surface area contributed by atoms with Gasteiger partial charge in [-0.25, -0.2) is 4.39 Å². The first-order chi connectivity index (χ1) is 10.5. The maximum Gasteiger partial charge on any atom is 0.257 e. The van der Waals surface area contributed by atoms with Crippen LogP contribution in [0.1, 0.15) is 10.4 Å². The van der Waals surface area contributed by atoms with Gasteiger partial charge in [-0.15, -0.1) is 0 Å². The number of amides is 1. The van der Waals surface area contributed by atoms with E-state index in [0.717, 1.165) is 0 Å². The highest BCUT2D eigenvalue weighted by Crippen LogP contribution is 2.19. The van der Waals surface area contributed by atoms with E-state index >= 15 is 0 Å². The van der Waals surface area contributed by atoms with Crippen LogP contribution in [-0.4, -0.2) is 18.1 Å². The standard InChI is InChI=1S/C15H12BrFN2O2S/c1-21-11-4-2-3-9(7-11)14(20)19-15(22)18-13-6-5-10(16)8-12(13)17/h2-8H,1H3,(H2,18,19,20,22). The van der Waals surface area contributed by atoms with Crippen molar-refractivity contribution in [1.29, 1.82) is 0 Å². The van der Waals surface area contributed by atoms with E-state index in [0.29, 0.717) is 15.8 Å². The van der Waals surface area contributed by atoms with Gasteiger partial charge in [0.15, 0.2) is 5.11 Å². The average molecular weight is 383 g/mol. The molecule has 114 valence electrons. The Balaban J connectivity index is 2.03. The number of carbonyl (C=O) groups excluding carboxylic acids is 1. The summed E-state index contributed by atoms with van der Waals surface area (Å²) < 4.78 is 19.4. The molecule has 0 aliphatic carbocycles. The summed E-state index contributed by atoms with van der Waals surface area (Å²) in [5.41, 5.74) is 0.568. The highest BCUT2D eigenvalue weighted by atomic mass is 79.9. The van der Waals surface area contributed by atoms with Gasteiger partial charge in [0, 0.05) is 10.0 Å². The van der Waals surface area contributed by atoms with Gasteiger partial charge in [-0.05, 0) is 48.6 Å². The van der Waals surface area contributed by atoms with Crippen molar-refractivity contribution in [3.63, 3.8) is 0 Å². The van der Waals surface area contributed by atoms with Crippen LogP contribution in [0.25, 0.3) is 0 Å². The minimum Gasteiger partial charge on any atom is -0.497 e. The van der Waals surface area contributed by atoms with Crippen LogP contribution in [0.5, 0.6) is 5.75 Å². The number of hydrogen-bond acceptors (Lipinski definition) is 3. The quantitative estimate of drug-likeness (QED) is 0.794. The van der Waals surface area contributed by atoms with Crippen molar-refractivity contribution < 1.29 is 13.9 Å². The molecule has 0 aliphatic heterocycles. The lowest BCUT2D eigenvalue weighted by atomic mass is 10.2. The second kappa shape index (κ2) is 7.33. The smallest absolute Gasteiger partial charge is 0.257 e. The number of anilines is 1. The fourth-order valence-corrected chi connectivity index (χ4v) is 2.22. The predicted molar refractivity (Wildman–Crippen MR) is 90.8 cm³/mol. The monoisotopic (exact) mass is 382 g/mol. The fraction of sp³-hybridized carbons (Fsp3) is 0.0667. The molecule has 2 N–H and O–H groups in total. The molecule has 0 radical (unpaired) electrons. The molecule has 22 heavy (non-hydrogen) atoms. The lowest BCUT2D eigenvalue weighted by Gasteiger charge is -2.11. The van der Waals surface area contributed by atoms with Gasteiger partial charge in [-0.3, -0.25) is 10.1 Å². The summed E-state index contributed by atoms with van der Waals surface area (Å²) in [5.74, 6) is -0.327. The first kappa shape index (κ1) is 16.4. The molecule has 0 saturated heterocycles. The van der Waals surface area contributed by atoms with Crippen LogP contribution in [0.3, 0.4) is 0 Å². The maximum absolute atomic E-state index is 13.7. The molecule has 0 heterocycles. The van der Waals surface area contributed by atoms with Crippen LogP contribution in [-0.2, 0) is 0 Å². The topological polar surface area (TPSA) is 50.4 Å². The highest BCUT2D eigenvalue weighted by Gasteiger charge is 2.10. The molecule has 2 aromatic carbocycles. The Morgan fingerprint density at radius 1 is 1.27 bits per heavy atom. The molecule has 0 unspecified atom stereocenters. The minimum atomic E-state index is -0.479. The number of halogens is 2. The number of hydrogen-bond donors (Lipinski definition) is 2. The van der Waals surface area contributed by atoms with Crippen molar-refractivity contribution in [2.24, 2.45) is 0 Å². The third-order valence-corrected chi connectivity index (χ3v) is 3.44. The summed E-state index contributed by atoms with van der Waals surface area (Å²) in [7, 11) is 1.51. The summed E-state index contributed by atoms with van der Waals surface area (Å²) in [6, 6.07) is 11.1. The van der Waals surface area contributed by atoms with E-state index in [1.807, 2.05) is 0 Å². The summed E-state index contributed by atoms with van der Waals surface area (Å²) in [6.07, 6.45) is 0. The molecular formula is C15H12BrFN2O2S. The van der Waals surface area contributed by atoms with E-state index in [1.165, 1.54) is 19.2 Å². The molecule has 0 saturated carbocycles. The Hall–Kier alpha value is -1.99. The van der Waals surface area contributed by atoms with Crippen LogP contribution in [0.2, 0.25) is 0 Å². The second-order valence-electron chi connectivity index (χ2n) is 4.26. The zero-order chi connectivity index (χ0) is 16.1. The van der Waals surface area contributed by atoms with Gasteiger partial charge in [0.05, 0.1) is 12.8 Å². The van der Waals surface area contributed by atoms with Crippen molar-refractivity contribution in [2.75, 3.05) is 12.4 Å². The molecule has 0 spiro atoms. The fourth-order valence-electron chi connectivity index (χ4n) is 1.68. The van der Waals surface area contributed by atoms with Gasteiger partial charge in [-0.2, -0.15) is 0 Å². The van der Waals surface area contributed by atoms with Crippen LogP contribution in [0, 0.1) is 5.82 Å². The summed E-state index contributed by atoms with van der Waals surface area (Å²) in [5, 5.41) is 5.13. The molecule has 7 heteroatoms. The van der Waals surface area contributed by atoms with Gasteiger partial charge in [0.25, 0.3) is 5.91 Å². The molecule has 0 bridgehead atoms. The van der Waals surface area contributed by atoms with Crippen molar-refractivity contribution in [2.45, 2.75) is 0 Å². The van der Waals surface area contributed by atoms with Crippen molar-refractivity contribution in [3.05, 3.63) is 58.3 Å². The van der Waals surface area contributed by atoms with E-state index in [4.69, 9.17) is 17.0 Å². The van der Waals surface area contributed by atoms with E-state index in [9.17, 15) is 9.18 Å². The molecule has 1 amide bonds. The van der Waals surface area contributed by atoms with Gasteiger partial charge in [-0.1, -0.05) is 22.0 Å². The van der Waals surface area contributed by atoms with E-state index < -0.39 is 11.7 Å². The van der Waals surface area contributed by atoms with Crippen LogP contribution >= 0.6 is 28.1 Å². The Bertz CT molecular complexity index is 724. The number of benzene rings is 2. The summed E-state index contributed by atoms with van der Waals surface area (Å²) >= 11 is 8.18. The molecule has 0 atom stereocenters. The maximum atomic E-state index is 13.7. The zero-order valence-electron chi connectivity index (χ0n) is 11.5. The normalized spacial score (nSPS) is 9.95. The Labute approximate surface area is 140 Å². The number of methoxy groups -OCH3 is 1. The average Bonchev–Trinajstić information content (AvgIpc) is 2.50. The largest absolute Gasteiger partial charge is 0.497 e. The molecular weight excluding hydrogens is 371 g/mol. The zero-order valence-corrected chi connectivity index (χ0v) is 13.9. The van der Waals surface area contributed by atoms with Crippen LogP contribution in [0.15, 0.2) is 46.9 Å². The molecule has 0 aromatic heterocycles. The second-order valence-corrected chi connectivity index (χ2v) is 5.59. The van der Waals surface area contributed by atoms with Gasteiger partial charge in [0.1, 0.15) is 11.6 Å². The predicted octanol–water partition coefficient (Wildman–Crippen LogP) is 3.72. The molecule has 2 rings (SSSR count). The van der Waals surface area contributed by atoms with Crippen LogP contribution in [0.4, 0.5) is 10.1 Å². The van der Waals surface area contributed by atoms with E-state index in [-0.39, 0.29) is 10.8 Å². The summed E-state index contributed by atoms with van der Waals surface area (Å²) in [4.78, 5) is 12.1. The van der Waals surface area contributed by atoms with Crippen molar-refractivity contribution in [1.82, 2.24) is 5.32 Å². The van der Waals surface area contributed by atoms with Gasteiger partial charge >= 0.3 is 0 Å². The number of carbonyl (C=O) groups is 1. The lowest BCUT2D eigenvalue weighted by molar-refractivity contribution is 0.0977. The third kappa shape index (κ3) is 4.25. The Morgan fingerprint density at radius 3 is 2.73 bits per heavy atom. The number of rotatable bonds is 3. The third-order valence-electron chi connectivity index (χ3n) is 2.74. The SMILES string of the molecule is COc1cccc(C(=O)NC(=S)Nc2ccc(Br)cc2F)c1. The Morgan fingerprint density at radius 2 is 2.05 bits per heavy atom. The first-order valence-electron chi connectivity index (χ1n) is 6.21. The number of nitrogens with one attached hydrogen (secondary N) is 2. The lowest BCUT2D eigenvalue weighted by Crippen LogP contribution is -2.34. The van der Waals surface area contributed by atoms with Gasteiger partial charge < -0.3 is 10.1 Å². The first-order valence-corrected chi connectivity index (χ1v) is 7.41. The highest BCUT2D eigenvalue weighted by molar-refractivity contribution is 9.10. The van der Waals surface area contributed by atoms with Crippen molar-refractivity contribution in [3.8, 4) is 5.75 Å². The molecule has 2 aromatic rings. The van der Waals surface area contributed by atoms with E-state index in [1.54, 1.807) is 30.3 Å². The number of thiocarbonyl (C=S) groups is 1. The number of ether oxygens (including phenoxy) is 1. The van der Waals surface area contributed by atoms with E-state index in [2.05, 4.69) is 26.6 Å². The molecule has 0 aliphatic rings. The van der Waals surface area contributed by atoms with Crippen molar-refractivity contribution >= 4 is 44.9 Å². The minimum absolute atomic E-state index is 0.00837. The van der Waals surface area contributed by atoms with Crippen LogP contribution < -0.4 is 15.4 Å². The van der Waals surface area contributed by atoms with Gasteiger partial charge in [0.2, 0.25) is 0 Å². The molecule has 0 fully saturated rings. The molecule has 4 nitrogen and oxygen atoms in total. The summed E-state index contributed by atoms with van der Waals surface area (Å²) in [6.45, 7) is 0.